The molecule has 0 heterocycles. The Kier molecular flexibility index (Phi) is 4.90. The van der Waals surface area contributed by atoms with E-state index in [1.165, 1.54) is 0 Å². The van der Waals surface area contributed by atoms with Gasteiger partial charge in [-0.15, -0.1) is 0 Å². The molecule has 0 N–H and O–H groups in total. The van der Waals surface area contributed by atoms with Crippen LogP contribution < -0.4 is 0 Å². The van der Waals surface area contributed by atoms with E-state index >= 15 is 0 Å². The zero-order chi connectivity index (χ0) is 13.0. The van der Waals surface area contributed by atoms with Crippen molar-refractivity contribution in [1.82, 2.24) is 0 Å². The Morgan fingerprint density at radius 2 is 1.19 bits per heavy atom. The fraction of sp³-hybridized carbons (Fsp3) is 0.857. The van der Waals surface area contributed by atoms with Gasteiger partial charge in [-0.05, 0) is 46.5 Å². The monoisotopic (exact) mass is 224 g/mol. The molecular weight excluding hydrogens is 196 g/mol. The number of aliphatic imine (C=N–C) groups is 2. The van der Waals surface area contributed by atoms with Gasteiger partial charge in [0.15, 0.2) is 0 Å². The minimum absolute atomic E-state index is 0.0118. The van der Waals surface area contributed by atoms with Crippen molar-refractivity contribution in [2.45, 2.75) is 72.9 Å². The summed E-state index contributed by atoms with van der Waals surface area (Å²) in [5.74, 6) is 0. The Hall–Kier alpha value is -0.660. The molecule has 0 aromatic carbocycles. The van der Waals surface area contributed by atoms with Crippen molar-refractivity contribution in [2.75, 3.05) is 0 Å². The van der Waals surface area contributed by atoms with Crippen LogP contribution in [0, 0.1) is 5.41 Å². The lowest BCUT2D eigenvalue weighted by Gasteiger charge is -2.28. The first-order valence-electron chi connectivity index (χ1n) is 6.00. The molecule has 2 nitrogen and oxygen atoms in total. The Labute approximate surface area is 101 Å². The lowest BCUT2D eigenvalue weighted by Crippen LogP contribution is -2.25. The largest absolute Gasteiger partial charge is 0.286 e. The van der Waals surface area contributed by atoms with Gasteiger partial charge >= 0.3 is 0 Å². The molecule has 0 aliphatic rings. The van der Waals surface area contributed by atoms with Crippen molar-refractivity contribution in [3.8, 4) is 0 Å². The van der Waals surface area contributed by atoms with Crippen LogP contribution in [0.2, 0.25) is 0 Å². The maximum atomic E-state index is 4.57. The number of hydrogen-bond donors (Lipinski definition) is 0. The van der Waals surface area contributed by atoms with Crippen molar-refractivity contribution < 1.29 is 0 Å². The molecule has 0 saturated carbocycles. The summed E-state index contributed by atoms with van der Waals surface area (Å²) in [6.07, 6.45) is 4.71. The molecule has 0 amide bonds. The normalized spacial score (nSPS) is 15.2. The van der Waals surface area contributed by atoms with Gasteiger partial charge in [0.25, 0.3) is 0 Å². The molecule has 0 rings (SSSR count). The summed E-state index contributed by atoms with van der Waals surface area (Å²) in [5.41, 5.74) is 0.282. The second-order valence-corrected chi connectivity index (χ2v) is 7.28. The fourth-order valence-electron chi connectivity index (χ4n) is 1.84. The van der Waals surface area contributed by atoms with Crippen LogP contribution in [0.3, 0.4) is 0 Å². The van der Waals surface area contributed by atoms with Gasteiger partial charge in [0.1, 0.15) is 0 Å². The number of hydrogen-bond acceptors (Lipinski definition) is 2. The summed E-state index contributed by atoms with van der Waals surface area (Å²) in [6.45, 7) is 17.3. The van der Waals surface area contributed by atoms with E-state index in [2.05, 4.69) is 65.4 Å². The Morgan fingerprint density at radius 3 is 1.56 bits per heavy atom. The van der Waals surface area contributed by atoms with E-state index in [-0.39, 0.29) is 11.1 Å². The lowest BCUT2D eigenvalue weighted by molar-refractivity contribution is 0.289. The average Bonchev–Trinajstić information content (AvgIpc) is 1.91. The minimum atomic E-state index is -0.0137. The van der Waals surface area contributed by atoms with Crippen LogP contribution >= 0.6 is 0 Å². The average molecular weight is 224 g/mol. The minimum Gasteiger partial charge on any atom is -0.286 e. The molecule has 0 aliphatic heterocycles. The molecule has 0 saturated heterocycles. The Balaban J connectivity index is 4.37. The summed E-state index contributed by atoms with van der Waals surface area (Å²) < 4.78 is 0. The highest BCUT2D eigenvalue weighted by molar-refractivity contribution is 6.16. The molecule has 0 spiro atoms. The lowest BCUT2D eigenvalue weighted by atomic mass is 9.82. The summed E-state index contributed by atoms with van der Waals surface area (Å²) in [6, 6.07) is 0. The van der Waals surface area contributed by atoms with Gasteiger partial charge in [-0.2, -0.15) is 0 Å². The van der Waals surface area contributed by atoms with Gasteiger partial charge in [0.2, 0.25) is 0 Å². The zero-order valence-corrected chi connectivity index (χ0v) is 12.3. The molecule has 0 aliphatic carbocycles. The second kappa shape index (κ2) is 5.11. The highest BCUT2D eigenvalue weighted by atomic mass is 14.9. The van der Waals surface area contributed by atoms with E-state index in [9.17, 15) is 0 Å². The first-order valence-corrected chi connectivity index (χ1v) is 6.00. The van der Waals surface area contributed by atoms with Crippen LogP contribution in [0.5, 0.6) is 0 Å². The van der Waals surface area contributed by atoms with Crippen molar-refractivity contribution in [1.29, 1.82) is 0 Å². The Bertz CT molecular complexity index is 259. The standard InChI is InChI=1S/C14H28N2/c1-12(2,3)11-14(7,8)16-10-9-15-13(4,5)6/h9-10H,11H2,1-8H3. The smallest absolute Gasteiger partial charge is 0.0557 e. The first kappa shape index (κ1) is 15.3. The molecule has 2 heteroatoms. The predicted octanol–water partition coefficient (Wildman–Crippen LogP) is 4.14. The fourth-order valence-corrected chi connectivity index (χ4v) is 1.84. The summed E-state index contributed by atoms with van der Waals surface area (Å²) in [4.78, 5) is 8.95. The van der Waals surface area contributed by atoms with Gasteiger partial charge in [-0.3, -0.25) is 9.98 Å². The molecule has 0 unspecified atom stereocenters. The maximum absolute atomic E-state index is 4.57. The van der Waals surface area contributed by atoms with Gasteiger partial charge in [-0.1, -0.05) is 20.8 Å². The third-order valence-electron chi connectivity index (χ3n) is 1.92. The van der Waals surface area contributed by atoms with E-state index in [0.717, 1.165) is 6.42 Å². The zero-order valence-electron chi connectivity index (χ0n) is 12.3. The topological polar surface area (TPSA) is 24.7 Å². The van der Waals surface area contributed by atoms with Crippen LogP contribution in [-0.4, -0.2) is 23.5 Å². The van der Waals surface area contributed by atoms with Crippen LogP contribution in [0.1, 0.15) is 61.8 Å². The Morgan fingerprint density at radius 1 is 0.750 bits per heavy atom. The van der Waals surface area contributed by atoms with Crippen LogP contribution in [0.25, 0.3) is 0 Å². The van der Waals surface area contributed by atoms with Crippen molar-refractivity contribution in [3.05, 3.63) is 0 Å². The molecule has 16 heavy (non-hydrogen) atoms. The van der Waals surface area contributed by atoms with Gasteiger partial charge < -0.3 is 0 Å². The summed E-state index contributed by atoms with van der Waals surface area (Å²) >= 11 is 0. The van der Waals surface area contributed by atoms with Crippen molar-refractivity contribution >= 4 is 12.4 Å². The highest BCUT2D eigenvalue weighted by Gasteiger charge is 2.23. The highest BCUT2D eigenvalue weighted by Crippen LogP contribution is 2.29. The molecule has 0 aromatic heterocycles. The third kappa shape index (κ3) is 9.88. The van der Waals surface area contributed by atoms with Gasteiger partial charge in [0.05, 0.1) is 11.1 Å². The summed E-state index contributed by atoms with van der Waals surface area (Å²) in [7, 11) is 0. The molecule has 94 valence electrons. The quantitative estimate of drug-likeness (QED) is 0.644. The molecule has 0 radical (unpaired) electrons. The number of rotatable bonds is 3. The summed E-state index contributed by atoms with van der Waals surface area (Å²) in [5, 5.41) is 0. The van der Waals surface area contributed by atoms with Gasteiger partial charge in [0, 0.05) is 12.4 Å². The van der Waals surface area contributed by atoms with E-state index in [1.807, 2.05) is 12.4 Å². The predicted molar refractivity (Wildman–Crippen MR) is 74.9 cm³/mol. The third-order valence-corrected chi connectivity index (χ3v) is 1.92. The van der Waals surface area contributed by atoms with E-state index in [1.54, 1.807) is 0 Å². The molecular formula is C14H28N2. The van der Waals surface area contributed by atoms with Crippen molar-refractivity contribution in [3.63, 3.8) is 0 Å². The molecule has 0 fully saturated rings. The SMILES string of the molecule is CC(C)(C)CC(C)(C)N=CC=NC(C)(C)C. The van der Waals surface area contributed by atoms with E-state index in [0.29, 0.717) is 5.41 Å². The van der Waals surface area contributed by atoms with Crippen LogP contribution in [-0.2, 0) is 0 Å². The molecule has 0 bridgehead atoms. The van der Waals surface area contributed by atoms with Crippen molar-refractivity contribution in [2.24, 2.45) is 15.4 Å². The first-order chi connectivity index (χ1) is 6.91. The number of nitrogens with zero attached hydrogens (tertiary/aromatic N) is 2. The van der Waals surface area contributed by atoms with Gasteiger partial charge in [-0.25, -0.2) is 0 Å². The maximum Gasteiger partial charge on any atom is 0.0557 e. The molecule has 0 atom stereocenters. The molecule has 0 aromatic rings. The van der Waals surface area contributed by atoms with Crippen LogP contribution in [0.15, 0.2) is 9.98 Å². The van der Waals surface area contributed by atoms with E-state index < -0.39 is 0 Å². The van der Waals surface area contributed by atoms with E-state index in [4.69, 9.17) is 0 Å². The van der Waals surface area contributed by atoms with Crippen LogP contribution in [0.4, 0.5) is 0 Å². The second-order valence-electron chi connectivity index (χ2n) is 7.28.